The molecule has 6 nitrogen and oxygen atoms in total. The molecule has 4 aromatic carbocycles. The van der Waals surface area contributed by atoms with Crippen LogP contribution in [-0.2, 0) is 20.2 Å². The first kappa shape index (κ1) is 29.1. The highest BCUT2D eigenvalue weighted by atomic mass is 35.5. The molecule has 4 rings (SSSR count). The Balaban J connectivity index is 1.57. The normalized spacial score (nSPS) is 11.6. The number of halogens is 1. The third-order valence-electron chi connectivity index (χ3n) is 6.49. The summed E-state index contributed by atoms with van der Waals surface area (Å²) in [5, 5.41) is 3.15. The molecule has 0 aliphatic heterocycles. The van der Waals surface area contributed by atoms with Crippen LogP contribution in [0.25, 0.3) is 0 Å². The van der Waals surface area contributed by atoms with Gasteiger partial charge in [-0.25, -0.2) is 8.42 Å². The lowest BCUT2D eigenvalue weighted by atomic mass is 9.86. The van der Waals surface area contributed by atoms with Crippen LogP contribution < -0.4 is 9.62 Å². The summed E-state index contributed by atoms with van der Waals surface area (Å²) in [6.07, 6.45) is 0. The maximum Gasteiger partial charge on any atom is 0.264 e. The Morgan fingerprint density at radius 1 is 0.825 bits per heavy atom. The van der Waals surface area contributed by atoms with E-state index in [1.807, 2.05) is 12.1 Å². The molecule has 40 heavy (non-hydrogen) atoms. The van der Waals surface area contributed by atoms with Crippen molar-refractivity contribution in [1.29, 1.82) is 0 Å². The highest BCUT2D eigenvalue weighted by molar-refractivity contribution is 7.92. The number of carbonyl (C=O) groups excluding carboxylic acids is 2. The molecule has 0 saturated carbocycles. The van der Waals surface area contributed by atoms with Crippen LogP contribution in [0.5, 0.6) is 0 Å². The molecule has 0 atom stereocenters. The second kappa shape index (κ2) is 11.7. The monoisotopic (exact) mass is 574 g/mol. The maximum absolute atomic E-state index is 13.6. The van der Waals surface area contributed by atoms with E-state index in [2.05, 4.69) is 26.1 Å². The van der Waals surface area contributed by atoms with Crippen LogP contribution in [0.1, 0.15) is 47.8 Å². The van der Waals surface area contributed by atoms with Crippen LogP contribution in [-0.4, -0.2) is 26.7 Å². The fourth-order valence-electron chi connectivity index (χ4n) is 4.23. The Kier molecular flexibility index (Phi) is 8.47. The van der Waals surface area contributed by atoms with Crippen molar-refractivity contribution in [3.05, 3.63) is 124 Å². The Morgan fingerprint density at radius 3 is 2.10 bits per heavy atom. The molecule has 0 radical (unpaired) electrons. The minimum atomic E-state index is -4.09. The smallest absolute Gasteiger partial charge is 0.264 e. The Bertz CT molecular complexity index is 1640. The largest absolute Gasteiger partial charge is 0.324 e. The summed E-state index contributed by atoms with van der Waals surface area (Å²) in [4.78, 5) is 26.4. The quantitative estimate of drug-likeness (QED) is 0.229. The van der Waals surface area contributed by atoms with E-state index in [0.717, 1.165) is 9.87 Å². The van der Waals surface area contributed by atoms with Crippen LogP contribution >= 0.6 is 11.6 Å². The van der Waals surface area contributed by atoms with Crippen molar-refractivity contribution in [2.24, 2.45) is 0 Å². The molecular weight excluding hydrogens is 544 g/mol. The van der Waals surface area contributed by atoms with Gasteiger partial charge in [0.25, 0.3) is 10.0 Å². The molecule has 0 bridgehead atoms. The number of hydrogen-bond acceptors (Lipinski definition) is 4. The number of hydrogen-bond donors (Lipinski definition) is 1. The van der Waals surface area contributed by atoms with Gasteiger partial charge >= 0.3 is 0 Å². The first-order chi connectivity index (χ1) is 18.9. The molecule has 0 spiro atoms. The summed E-state index contributed by atoms with van der Waals surface area (Å²) in [6.45, 7) is 7.63. The van der Waals surface area contributed by atoms with Gasteiger partial charge in [0, 0.05) is 21.8 Å². The van der Waals surface area contributed by atoms with Gasteiger partial charge in [-0.1, -0.05) is 87.0 Å². The lowest BCUT2D eigenvalue weighted by Crippen LogP contribution is -2.38. The number of rotatable bonds is 8. The summed E-state index contributed by atoms with van der Waals surface area (Å²) in [5.74, 6) is -0.733. The van der Waals surface area contributed by atoms with E-state index in [1.54, 1.807) is 67.6 Å². The predicted molar refractivity (Wildman–Crippen MR) is 161 cm³/mol. The summed E-state index contributed by atoms with van der Waals surface area (Å²) < 4.78 is 28.3. The van der Waals surface area contributed by atoms with Crippen molar-refractivity contribution in [3.8, 4) is 0 Å². The minimum Gasteiger partial charge on any atom is -0.324 e. The van der Waals surface area contributed by atoms with Crippen molar-refractivity contribution in [2.45, 2.75) is 38.0 Å². The van der Waals surface area contributed by atoms with E-state index >= 15 is 0 Å². The van der Waals surface area contributed by atoms with E-state index in [9.17, 15) is 18.0 Å². The zero-order chi connectivity index (χ0) is 29.1. The topological polar surface area (TPSA) is 83.6 Å². The number of carbonyl (C=O) groups is 2. The van der Waals surface area contributed by atoms with Gasteiger partial charge in [0.05, 0.1) is 10.6 Å². The zero-order valence-corrected chi connectivity index (χ0v) is 24.4. The summed E-state index contributed by atoms with van der Waals surface area (Å²) in [6, 6.07) is 26.8. The van der Waals surface area contributed by atoms with Crippen LogP contribution in [0.3, 0.4) is 0 Å². The molecule has 4 aromatic rings. The molecule has 206 valence electrons. The van der Waals surface area contributed by atoms with Gasteiger partial charge in [-0.15, -0.1) is 0 Å². The number of nitrogens with one attached hydrogen (secondary N) is 1. The molecular formula is C32H31ClN2O4S. The minimum absolute atomic E-state index is 0.0121. The molecule has 1 amide bonds. The van der Waals surface area contributed by atoms with E-state index in [4.69, 9.17) is 11.6 Å². The molecule has 0 saturated heterocycles. The van der Waals surface area contributed by atoms with Crippen molar-refractivity contribution < 1.29 is 18.0 Å². The Labute approximate surface area is 240 Å². The van der Waals surface area contributed by atoms with Gasteiger partial charge in [-0.05, 0) is 65.9 Å². The molecule has 0 aliphatic carbocycles. The van der Waals surface area contributed by atoms with E-state index in [0.29, 0.717) is 33.1 Å². The van der Waals surface area contributed by atoms with Gasteiger partial charge in [0.1, 0.15) is 6.54 Å². The summed E-state index contributed by atoms with van der Waals surface area (Å²) in [5.41, 5.74) is 3.50. The third-order valence-corrected chi connectivity index (χ3v) is 8.52. The van der Waals surface area contributed by atoms with Gasteiger partial charge in [0.2, 0.25) is 5.91 Å². The standard InChI is InChI=1S/C32H31ClN2O4S/c1-22-8-5-6-11-29(22)35(40(38,39)28-18-16-26(33)17-19-28)21-30(36)34-27-10-7-9-24(20-27)31(37)23-12-14-25(15-13-23)32(2,3)4/h5-20H,21H2,1-4H3,(H,34,36). The number of para-hydroxylation sites is 1. The number of sulfonamides is 1. The van der Waals surface area contributed by atoms with E-state index < -0.39 is 22.5 Å². The molecule has 8 heteroatoms. The van der Waals surface area contributed by atoms with Gasteiger partial charge in [-0.3, -0.25) is 13.9 Å². The van der Waals surface area contributed by atoms with Crippen LogP contribution in [0.2, 0.25) is 5.02 Å². The highest BCUT2D eigenvalue weighted by Gasteiger charge is 2.28. The fourth-order valence-corrected chi connectivity index (χ4v) is 5.85. The second-order valence-corrected chi connectivity index (χ2v) is 12.8. The lowest BCUT2D eigenvalue weighted by Gasteiger charge is -2.25. The number of anilines is 2. The third kappa shape index (κ3) is 6.61. The van der Waals surface area contributed by atoms with Crippen LogP contribution in [0, 0.1) is 6.92 Å². The Hall–Kier alpha value is -3.94. The van der Waals surface area contributed by atoms with Gasteiger partial charge < -0.3 is 5.32 Å². The van der Waals surface area contributed by atoms with Gasteiger partial charge in [-0.2, -0.15) is 0 Å². The van der Waals surface area contributed by atoms with Crippen molar-refractivity contribution >= 4 is 44.7 Å². The van der Waals surface area contributed by atoms with Crippen LogP contribution in [0.15, 0.2) is 102 Å². The predicted octanol–water partition coefficient (Wildman–Crippen LogP) is 7.01. The Morgan fingerprint density at radius 2 is 1.48 bits per heavy atom. The molecule has 0 heterocycles. The molecule has 0 aliphatic rings. The summed E-state index contributed by atoms with van der Waals surface area (Å²) in [7, 11) is -4.09. The van der Waals surface area contributed by atoms with Crippen LogP contribution in [0.4, 0.5) is 11.4 Å². The number of nitrogens with zero attached hydrogens (tertiary/aromatic N) is 1. The zero-order valence-electron chi connectivity index (χ0n) is 22.8. The number of benzene rings is 4. The SMILES string of the molecule is Cc1ccccc1N(CC(=O)Nc1cccc(C(=O)c2ccc(C(C)(C)C)cc2)c1)S(=O)(=O)c1ccc(Cl)cc1. The lowest BCUT2D eigenvalue weighted by molar-refractivity contribution is -0.114. The van der Waals surface area contributed by atoms with Crippen molar-refractivity contribution in [3.63, 3.8) is 0 Å². The molecule has 1 N–H and O–H groups in total. The first-order valence-corrected chi connectivity index (χ1v) is 14.6. The first-order valence-electron chi connectivity index (χ1n) is 12.8. The number of aryl methyl sites for hydroxylation is 1. The number of amides is 1. The van der Waals surface area contributed by atoms with E-state index in [1.165, 1.54) is 24.3 Å². The fraction of sp³-hybridized carbons (Fsp3) is 0.188. The van der Waals surface area contributed by atoms with Gasteiger partial charge in [0.15, 0.2) is 5.78 Å². The number of ketones is 1. The molecule has 0 fully saturated rings. The average Bonchev–Trinajstić information content (AvgIpc) is 2.92. The summed E-state index contributed by atoms with van der Waals surface area (Å²) >= 11 is 5.96. The maximum atomic E-state index is 13.6. The molecule has 0 aromatic heterocycles. The molecule has 0 unspecified atom stereocenters. The van der Waals surface area contributed by atoms with Crippen molar-refractivity contribution in [2.75, 3.05) is 16.2 Å². The highest BCUT2D eigenvalue weighted by Crippen LogP contribution is 2.28. The second-order valence-electron chi connectivity index (χ2n) is 10.5. The van der Waals surface area contributed by atoms with Crippen molar-refractivity contribution in [1.82, 2.24) is 0 Å². The van der Waals surface area contributed by atoms with E-state index in [-0.39, 0.29) is 16.1 Å². The average molecular weight is 575 g/mol.